The summed E-state index contributed by atoms with van der Waals surface area (Å²) >= 11 is 0. The van der Waals surface area contributed by atoms with Crippen LogP contribution in [0.1, 0.15) is 39.2 Å². The van der Waals surface area contributed by atoms with Crippen LogP contribution in [-0.4, -0.2) is 22.0 Å². The van der Waals surface area contributed by atoms with E-state index in [4.69, 9.17) is 4.74 Å². The fraction of sp³-hybridized carbons (Fsp3) is 0.273. The van der Waals surface area contributed by atoms with E-state index in [0.717, 1.165) is 17.0 Å². The van der Waals surface area contributed by atoms with Crippen molar-refractivity contribution >= 4 is 11.7 Å². The molecule has 0 radical (unpaired) electrons. The number of nitrogens with zero attached hydrogens (tertiary/aromatic N) is 2. The molecule has 0 spiro atoms. The Kier molecular flexibility index (Phi) is 5.77. The van der Waals surface area contributed by atoms with E-state index in [1.807, 2.05) is 39.8 Å². The van der Waals surface area contributed by atoms with Crippen LogP contribution in [0.5, 0.6) is 0 Å². The monoisotopic (exact) mass is 393 g/mol. The van der Waals surface area contributed by atoms with Gasteiger partial charge in [0, 0.05) is 41.2 Å². The lowest BCUT2D eigenvalue weighted by molar-refractivity contribution is -0.384. The zero-order valence-corrected chi connectivity index (χ0v) is 16.8. The molecule has 1 atom stereocenters. The van der Waals surface area contributed by atoms with E-state index < -0.39 is 4.92 Å². The summed E-state index contributed by atoms with van der Waals surface area (Å²) < 4.78 is 5.43. The van der Waals surface area contributed by atoms with Gasteiger partial charge in [-0.25, -0.2) is 4.79 Å². The van der Waals surface area contributed by atoms with Crippen molar-refractivity contribution in [3.8, 4) is 11.3 Å². The summed E-state index contributed by atoms with van der Waals surface area (Å²) in [6.45, 7) is 7.42. The highest BCUT2D eigenvalue weighted by Gasteiger charge is 2.29. The number of nitro groups is 1. The Morgan fingerprint density at radius 1 is 1.24 bits per heavy atom. The molecule has 0 fully saturated rings. The van der Waals surface area contributed by atoms with E-state index in [1.54, 1.807) is 24.4 Å². The van der Waals surface area contributed by atoms with Crippen LogP contribution in [-0.2, 0) is 9.53 Å². The molecule has 29 heavy (non-hydrogen) atoms. The van der Waals surface area contributed by atoms with Crippen LogP contribution in [0.4, 0.5) is 5.69 Å². The number of esters is 1. The average Bonchev–Trinajstić information content (AvgIpc) is 2.67. The third kappa shape index (κ3) is 4.51. The third-order valence-electron chi connectivity index (χ3n) is 4.58. The van der Waals surface area contributed by atoms with Crippen molar-refractivity contribution in [2.75, 3.05) is 0 Å². The van der Waals surface area contributed by atoms with Gasteiger partial charge in [-0.3, -0.25) is 15.1 Å². The molecular weight excluding hydrogens is 370 g/mol. The first kappa shape index (κ1) is 20.3. The molecule has 7 heteroatoms. The second kappa shape index (κ2) is 8.26. The molecule has 2 aromatic rings. The summed E-state index contributed by atoms with van der Waals surface area (Å²) in [7, 11) is 0. The molecule has 1 unspecified atom stereocenters. The van der Waals surface area contributed by atoms with Gasteiger partial charge in [0.05, 0.1) is 22.3 Å². The minimum atomic E-state index is -0.430. The number of carbonyl (C=O) groups is 1. The maximum Gasteiger partial charge on any atom is 0.336 e. The number of hydrogen-bond donors (Lipinski definition) is 1. The van der Waals surface area contributed by atoms with Crippen molar-refractivity contribution in [1.29, 1.82) is 0 Å². The number of nitro benzene ring substituents is 1. The number of aromatic nitrogens is 1. The normalized spacial score (nSPS) is 16.3. The number of pyridine rings is 1. The lowest BCUT2D eigenvalue weighted by Gasteiger charge is -2.26. The lowest BCUT2D eigenvalue weighted by atomic mass is 9.87. The third-order valence-corrected chi connectivity index (χ3v) is 4.58. The number of nitrogens with one attached hydrogen (secondary N) is 1. The maximum absolute atomic E-state index is 12.7. The van der Waals surface area contributed by atoms with Gasteiger partial charge in [0.15, 0.2) is 0 Å². The van der Waals surface area contributed by atoms with E-state index >= 15 is 0 Å². The first-order valence-corrected chi connectivity index (χ1v) is 9.34. The van der Waals surface area contributed by atoms with E-state index in [9.17, 15) is 14.9 Å². The molecule has 1 aliphatic heterocycles. The first-order valence-electron chi connectivity index (χ1n) is 9.34. The number of hydrogen-bond acceptors (Lipinski definition) is 6. The van der Waals surface area contributed by atoms with Crippen LogP contribution in [0.15, 0.2) is 65.6 Å². The highest BCUT2D eigenvalue weighted by molar-refractivity contribution is 5.92. The molecule has 7 nitrogen and oxygen atoms in total. The first-order chi connectivity index (χ1) is 13.8. The number of ether oxygens (including phenoxy) is 1. The second-order valence-electron chi connectivity index (χ2n) is 7.23. The van der Waals surface area contributed by atoms with Gasteiger partial charge in [-0.05, 0) is 39.3 Å². The molecule has 1 N–H and O–H groups in total. The predicted molar refractivity (Wildman–Crippen MR) is 110 cm³/mol. The Morgan fingerprint density at radius 2 is 2.00 bits per heavy atom. The van der Waals surface area contributed by atoms with Gasteiger partial charge in [0.25, 0.3) is 5.69 Å². The van der Waals surface area contributed by atoms with E-state index in [2.05, 4.69) is 10.3 Å². The molecule has 1 aliphatic rings. The van der Waals surface area contributed by atoms with Gasteiger partial charge in [0.1, 0.15) is 0 Å². The van der Waals surface area contributed by atoms with Crippen molar-refractivity contribution in [2.24, 2.45) is 0 Å². The Balaban J connectivity index is 1.94. The number of benzene rings is 1. The minimum Gasteiger partial charge on any atom is -0.460 e. The predicted octanol–water partition coefficient (Wildman–Crippen LogP) is 4.47. The van der Waals surface area contributed by atoms with Crippen molar-refractivity contribution in [3.05, 3.63) is 81.3 Å². The van der Waals surface area contributed by atoms with Crippen LogP contribution in [0.25, 0.3) is 11.3 Å². The summed E-state index contributed by atoms with van der Waals surface area (Å²) in [6, 6.07) is 10.0. The lowest BCUT2D eigenvalue weighted by Crippen LogP contribution is -2.27. The summed E-state index contributed by atoms with van der Waals surface area (Å²) in [5.41, 5.74) is 4.39. The standard InChI is InChI=1S/C22H23N3O4/c1-13(2)29-22(26)21-15(4)24-14(3)10-19(21)17-8-9-20(23-12-17)16-6-5-7-18(11-16)25(27)28/h5-13,19,24H,1-4H3. The Labute approximate surface area is 169 Å². The fourth-order valence-electron chi connectivity index (χ4n) is 3.33. The number of rotatable bonds is 5. The van der Waals surface area contributed by atoms with Crippen molar-refractivity contribution < 1.29 is 14.5 Å². The van der Waals surface area contributed by atoms with Gasteiger partial charge < -0.3 is 10.1 Å². The van der Waals surface area contributed by atoms with Crippen LogP contribution >= 0.6 is 0 Å². The molecule has 1 aromatic carbocycles. The van der Waals surface area contributed by atoms with Crippen molar-refractivity contribution in [2.45, 2.75) is 39.7 Å². The highest BCUT2D eigenvalue weighted by Crippen LogP contribution is 2.33. The van der Waals surface area contributed by atoms with E-state index in [1.165, 1.54) is 12.1 Å². The van der Waals surface area contributed by atoms with Gasteiger partial charge in [-0.2, -0.15) is 0 Å². The van der Waals surface area contributed by atoms with Crippen LogP contribution in [0.2, 0.25) is 0 Å². The minimum absolute atomic E-state index is 0.0163. The van der Waals surface area contributed by atoms with Gasteiger partial charge in [0.2, 0.25) is 0 Å². The average molecular weight is 393 g/mol. The Morgan fingerprint density at radius 3 is 2.62 bits per heavy atom. The molecule has 0 bridgehead atoms. The maximum atomic E-state index is 12.7. The van der Waals surface area contributed by atoms with Gasteiger partial charge in [-0.1, -0.05) is 24.3 Å². The zero-order valence-electron chi connectivity index (χ0n) is 16.8. The topological polar surface area (TPSA) is 94.4 Å². The molecule has 1 aromatic heterocycles. The van der Waals surface area contributed by atoms with Crippen LogP contribution in [0, 0.1) is 10.1 Å². The summed E-state index contributed by atoms with van der Waals surface area (Å²) in [5.74, 6) is -0.643. The molecule has 0 saturated carbocycles. The molecule has 0 saturated heterocycles. The number of carbonyl (C=O) groups excluding carboxylic acids is 1. The van der Waals surface area contributed by atoms with Crippen LogP contribution in [0.3, 0.4) is 0 Å². The molecular formula is C22H23N3O4. The van der Waals surface area contributed by atoms with E-state index in [-0.39, 0.29) is 23.7 Å². The SMILES string of the molecule is CC1=CC(c2ccc(-c3cccc([N+](=O)[O-])c3)nc2)C(C(=O)OC(C)C)=C(C)N1. The summed E-state index contributed by atoms with van der Waals surface area (Å²) in [4.78, 5) is 27.7. The smallest absolute Gasteiger partial charge is 0.336 e. The Bertz CT molecular complexity index is 1010. The largest absolute Gasteiger partial charge is 0.460 e. The quantitative estimate of drug-likeness (QED) is 0.457. The molecule has 0 aliphatic carbocycles. The second-order valence-corrected chi connectivity index (χ2v) is 7.23. The summed E-state index contributed by atoms with van der Waals surface area (Å²) in [5, 5.41) is 14.2. The van der Waals surface area contributed by atoms with Crippen LogP contribution < -0.4 is 5.32 Å². The van der Waals surface area contributed by atoms with E-state index in [0.29, 0.717) is 16.8 Å². The fourth-order valence-corrected chi connectivity index (χ4v) is 3.33. The number of dihydropyridines is 1. The Hall–Kier alpha value is -3.48. The van der Waals surface area contributed by atoms with Crippen molar-refractivity contribution in [3.63, 3.8) is 0 Å². The molecule has 2 heterocycles. The molecule has 0 amide bonds. The zero-order chi connectivity index (χ0) is 21.1. The molecule has 150 valence electrons. The number of allylic oxidation sites excluding steroid dienone is 3. The number of non-ortho nitro benzene ring substituents is 1. The van der Waals surface area contributed by atoms with Crippen molar-refractivity contribution in [1.82, 2.24) is 10.3 Å². The summed E-state index contributed by atoms with van der Waals surface area (Å²) in [6.07, 6.45) is 3.45. The highest BCUT2D eigenvalue weighted by atomic mass is 16.6. The van der Waals surface area contributed by atoms with Gasteiger partial charge in [-0.15, -0.1) is 0 Å². The van der Waals surface area contributed by atoms with Gasteiger partial charge >= 0.3 is 5.97 Å². The molecule has 3 rings (SSSR count).